The summed E-state index contributed by atoms with van der Waals surface area (Å²) in [6.45, 7) is 6.55. The molecule has 1 fully saturated rings. The number of aromatic nitrogens is 2. The zero-order valence-corrected chi connectivity index (χ0v) is 14.3. The van der Waals surface area contributed by atoms with E-state index in [0.717, 1.165) is 44.0 Å². The zero-order valence-electron chi connectivity index (χ0n) is 14.3. The third kappa shape index (κ3) is 4.14. The fourth-order valence-electron chi connectivity index (χ4n) is 2.94. The molecule has 1 amide bonds. The number of aryl methyl sites for hydroxylation is 1. The molecule has 1 saturated heterocycles. The molecular weight excluding hydrogens is 304 g/mol. The van der Waals surface area contributed by atoms with E-state index in [0.29, 0.717) is 6.54 Å². The van der Waals surface area contributed by atoms with Gasteiger partial charge in [-0.25, -0.2) is 0 Å². The molecule has 1 aromatic heterocycles. The Hall–Kier alpha value is -2.34. The van der Waals surface area contributed by atoms with Gasteiger partial charge in [0.25, 0.3) is 0 Å². The van der Waals surface area contributed by atoms with Crippen LogP contribution in [0.5, 0.6) is 5.75 Å². The molecule has 0 spiro atoms. The van der Waals surface area contributed by atoms with Crippen LogP contribution in [0.4, 0.5) is 0 Å². The van der Waals surface area contributed by atoms with E-state index < -0.39 is 0 Å². The van der Waals surface area contributed by atoms with E-state index >= 15 is 0 Å². The first-order valence-corrected chi connectivity index (χ1v) is 8.26. The van der Waals surface area contributed by atoms with Crippen LogP contribution in [0.25, 0.3) is 0 Å². The van der Waals surface area contributed by atoms with Crippen molar-refractivity contribution in [2.24, 2.45) is 0 Å². The van der Waals surface area contributed by atoms with Gasteiger partial charge in [-0.2, -0.15) is 5.10 Å². The summed E-state index contributed by atoms with van der Waals surface area (Å²) in [7, 11) is 1.68. The number of piperazine rings is 1. The summed E-state index contributed by atoms with van der Waals surface area (Å²) in [6.07, 6.45) is 3.68. The van der Waals surface area contributed by atoms with Crippen LogP contribution in [0.15, 0.2) is 36.7 Å². The van der Waals surface area contributed by atoms with E-state index in [1.807, 2.05) is 30.2 Å². The molecule has 0 aliphatic carbocycles. The predicted molar refractivity (Wildman–Crippen MR) is 91.8 cm³/mol. The third-order valence-corrected chi connectivity index (χ3v) is 4.35. The largest absolute Gasteiger partial charge is 0.497 e. The highest BCUT2D eigenvalue weighted by molar-refractivity contribution is 5.76. The van der Waals surface area contributed by atoms with Crippen LogP contribution in [0.2, 0.25) is 0 Å². The van der Waals surface area contributed by atoms with E-state index in [2.05, 4.69) is 22.1 Å². The van der Waals surface area contributed by atoms with E-state index in [4.69, 9.17) is 4.74 Å². The molecule has 2 aromatic rings. The molecule has 6 heteroatoms. The smallest absolute Gasteiger partial charge is 0.244 e. The van der Waals surface area contributed by atoms with Crippen LogP contribution < -0.4 is 4.74 Å². The van der Waals surface area contributed by atoms with Crippen molar-refractivity contribution in [1.29, 1.82) is 0 Å². The Morgan fingerprint density at radius 1 is 1.17 bits per heavy atom. The fraction of sp³-hybridized carbons (Fsp3) is 0.444. The number of carbonyl (C=O) groups excluding carboxylic acids is 1. The van der Waals surface area contributed by atoms with Crippen molar-refractivity contribution in [2.45, 2.75) is 20.0 Å². The molecule has 0 saturated carbocycles. The summed E-state index contributed by atoms with van der Waals surface area (Å²) in [5, 5.41) is 4.18. The lowest BCUT2D eigenvalue weighted by Gasteiger charge is -2.34. The van der Waals surface area contributed by atoms with Crippen molar-refractivity contribution in [3.63, 3.8) is 0 Å². The van der Waals surface area contributed by atoms with Crippen molar-refractivity contribution < 1.29 is 9.53 Å². The van der Waals surface area contributed by atoms with Crippen LogP contribution in [-0.4, -0.2) is 58.8 Å². The van der Waals surface area contributed by atoms with Gasteiger partial charge in [-0.05, 0) is 30.2 Å². The highest BCUT2D eigenvalue weighted by Gasteiger charge is 2.21. The molecular formula is C18H24N4O2. The van der Waals surface area contributed by atoms with Gasteiger partial charge < -0.3 is 9.64 Å². The van der Waals surface area contributed by atoms with Crippen molar-refractivity contribution in [2.75, 3.05) is 33.3 Å². The summed E-state index contributed by atoms with van der Waals surface area (Å²) in [4.78, 5) is 16.7. The summed E-state index contributed by atoms with van der Waals surface area (Å²) >= 11 is 0. The van der Waals surface area contributed by atoms with Gasteiger partial charge in [0, 0.05) is 38.9 Å². The van der Waals surface area contributed by atoms with Gasteiger partial charge in [-0.15, -0.1) is 0 Å². The van der Waals surface area contributed by atoms with Crippen molar-refractivity contribution >= 4 is 5.91 Å². The van der Waals surface area contributed by atoms with Crippen molar-refractivity contribution in [3.05, 3.63) is 47.8 Å². The number of amides is 1. The lowest BCUT2D eigenvalue weighted by atomic mass is 10.2. The Kier molecular flexibility index (Phi) is 5.15. The lowest BCUT2D eigenvalue weighted by Crippen LogP contribution is -2.49. The number of ether oxygens (including phenoxy) is 1. The first-order chi connectivity index (χ1) is 11.6. The summed E-state index contributed by atoms with van der Waals surface area (Å²) in [5.41, 5.74) is 2.34. The predicted octanol–water partition coefficient (Wildman–Crippen LogP) is 1.54. The van der Waals surface area contributed by atoms with Crippen LogP contribution >= 0.6 is 0 Å². The number of nitrogens with zero attached hydrogens (tertiary/aromatic N) is 4. The molecule has 2 heterocycles. The van der Waals surface area contributed by atoms with Gasteiger partial charge in [0.2, 0.25) is 5.91 Å². The number of methoxy groups -OCH3 is 1. The molecule has 128 valence electrons. The Balaban J connectivity index is 1.47. The summed E-state index contributed by atoms with van der Waals surface area (Å²) in [5.74, 6) is 1.02. The maximum atomic E-state index is 12.3. The van der Waals surface area contributed by atoms with Gasteiger partial charge in [0.15, 0.2) is 0 Å². The zero-order chi connectivity index (χ0) is 16.9. The molecule has 24 heavy (non-hydrogen) atoms. The SMILES string of the molecule is COc1ccc(CN2CCN(C(=O)Cn3cc(C)cn3)CC2)cc1. The summed E-state index contributed by atoms with van der Waals surface area (Å²) in [6, 6.07) is 8.16. The highest BCUT2D eigenvalue weighted by Crippen LogP contribution is 2.14. The molecule has 0 radical (unpaired) electrons. The molecule has 1 aliphatic rings. The second kappa shape index (κ2) is 7.49. The molecule has 0 bridgehead atoms. The molecule has 0 unspecified atom stereocenters. The quantitative estimate of drug-likeness (QED) is 0.835. The van der Waals surface area contributed by atoms with E-state index in [-0.39, 0.29) is 5.91 Å². The Bertz CT molecular complexity index is 673. The van der Waals surface area contributed by atoms with E-state index in [1.165, 1.54) is 5.56 Å². The van der Waals surface area contributed by atoms with Crippen molar-refractivity contribution in [1.82, 2.24) is 19.6 Å². The third-order valence-electron chi connectivity index (χ3n) is 4.35. The second-order valence-corrected chi connectivity index (χ2v) is 6.22. The number of hydrogen-bond acceptors (Lipinski definition) is 4. The average Bonchev–Trinajstić information content (AvgIpc) is 3.01. The van der Waals surface area contributed by atoms with E-state index in [1.54, 1.807) is 18.0 Å². The topological polar surface area (TPSA) is 50.6 Å². The highest BCUT2D eigenvalue weighted by atomic mass is 16.5. The van der Waals surface area contributed by atoms with Crippen LogP contribution in [0.3, 0.4) is 0 Å². The Morgan fingerprint density at radius 3 is 2.46 bits per heavy atom. The minimum Gasteiger partial charge on any atom is -0.497 e. The first kappa shape index (κ1) is 16.5. The second-order valence-electron chi connectivity index (χ2n) is 6.22. The van der Waals surface area contributed by atoms with Gasteiger partial charge in [-0.1, -0.05) is 12.1 Å². The number of hydrogen-bond donors (Lipinski definition) is 0. The number of benzene rings is 1. The standard InChI is InChI=1S/C18H24N4O2/c1-15-11-19-22(12-15)14-18(23)21-9-7-20(8-10-21)13-16-3-5-17(24-2)6-4-16/h3-6,11-12H,7-10,13-14H2,1-2H3. The van der Waals surface area contributed by atoms with Gasteiger partial charge in [-0.3, -0.25) is 14.4 Å². The van der Waals surface area contributed by atoms with Crippen LogP contribution in [0, 0.1) is 6.92 Å². The lowest BCUT2D eigenvalue weighted by molar-refractivity contribution is -0.133. The molecule has 0 N–H and O–H groups in total. The van der Waals surface area contributed by atoms with Crippen LogP contribution in [0.1, 0.15) is 11.1 Å². The summed E-state index contributed by atoms with van der Waals surface area (Å²) < 4.78 is 6.89. The monoisotopic (exact) mass is 328 g/mol. The first-order valence-electron chi connectivity index (χ1n) is 8.26. The Morgan fingerprint density at radius 2 is 1.88 bits per heavy atom. The van der Waals surface area contributed by atoms with E-state index in [9.17, 15) is 4.79 Å². The molecule has 3 rings (SSSR count). The fourth-order valence-corrected chi connectivity index (χ4v) is 2.94. The molecule has 0 atom stereocenters. The molecule has 1 aliphatic heterocycles. The number of carbonyl (C=O) groups is 1. The van der Waals surface area contributed by atoms with Gasteiger partial charge >= 0.3 is 0 Å². The minimum atomic E-state index is 0.141. The van der Waals surface area contributed by atoms with Crippen LogP contribution in [-0.2, 0) is 17.9 Å². The normalized spacial score (nSPS) is 15.5. The van der Waals surface area contributed by atoms with Crippen molar-refractivity contribution in [3.8, 4) is 5.75 Å². The maximum Gasteiger partial charge on any atom is 0.244 e. The molecule has 1 aromatic carbocycles. The maximum absolute atomic E-state index is 12.3. The average molecular weight is 328 g/mol. The van der Waals surface area contributed by atoms with Gasteiger partial charge in [0.05, 0.1) is 13.3 Å². The molecule has 6 nitrogen and oxygen atoms in total. The van der Waals surface area contributed by atoms with Gasteiger partial charge in [0.1, 0.15) is 12.3 Å². The number of rotatable bonds is 5. The minimum absolute atomic E-state index is 0.141. The Labute approximate surface area is 142 Å².